The molecule has 1 aliphatic carbocycles. The Morgan fingerprint density at radius 1 is 1.07 bits per heavy atom. The van der Waals surface area contributed by atoms with Gasteiger partial charge in [-0.3, -0.25) is 4.98 Å². The second-order valence-corrected chi connectivity index (χ2v) is 8.54. The van der Waals surface area contributed by atoms with Crippen molar-refractivity contribution >= 4 is 17.2 Å². The van der Waals surface area contributed by atoms with E-state index in [0.29, 0.717) is 32.0 Å². The lowest BCUT2D eigenvalue weighted by Gasteiger charge is -2.39. The predicted molar refractivity (Wildman–Crippen MR) is 111 cm³/mol. The van der Waals surface area contributed by atoms with Gasteiger partial charge in [0.25, 0.3) is 0 Å². The second-order valence-electron chi connectivity index (χ2n) is 8.54. The molecule has 3 heterocycles. The van der Waals surface area contributed by atoms with Crippen LogP contribution in [0.2, 0.25) is 0 Å². The summed E-state index contributed by atoms with van der Waals surface area (Å²) in [5, 5.41) is 0. The molecule has 1 saturated heterocycles. The average Bonchev–Trinajstić information content (AvgIpc) is 3.58. The molecule has 2 aliphatic heterocycles. The number of pyridine rings is 1. The smallest absolute Gasteiger partial charge is 0.132 e. The summed E-state index contributed by atoms with van der Waals surface area (Å²) < 4.78 is 42.1. The maximum atomic E-state index is 15.0. The third-order valence-corrected chi connectivity index (χ3v) is 6.51. The molecule has 0 N–H and O–H groups in total. The van der Waals surface area contributed by atoms with Crippen molar-refractivity contribution in [2.24, 2.45) is 10.9 Å². The van der Waals surface area contributed by atoms with E-state index in [2.05, 4.69) is 14.8 Å². The third kappa shape index (κ3) is 3.55. The van der Waals surface area contributed by atoms with Gasteiger partial charge in [0.15, 0.2) is 0 Å². The number of hydrogen-bond donors (Lipinski definition) is 0. The number of piperidine rings is 1. The molecule has 1 aromatic carbocycles. The lowest BCUT2D eigenvalue weighted by atomic mass is 9.88. The van der Waals surface area contributed by atoms with E-state index < -0.39 is 17.8 Å². The lowest BCUT2D eigenvalue weighted by Crippen LogP contribution is -2.46. The van der Waals surface area contributed by atoms with E-state index in [1.807, 2.05) is 19.2 Å². The van der Waals surface area contributed by atoms with Crippen LogP contribution in [-0.2, 0) is 0 Å². The van der Waals surface area contributed by atoms with E-state index in [4.69, 9.17) is 4.99 Å². The van der Waals surface area contributed by atoms with Crippen LogP contribution in [0.3, 0.4) is 0 Å². The number of aryl methyl sites for hydroxylation is 1. The number of likely N-dealkylation sites (tertiary alicyclic amines) is 1. The van der Waals surface area contributed by atoms with Crippen LogP contribution in [0.25, 0.3) is 0 Å². The minimum atomic E-state index is -1.42. The number of aromatic nitrogens is 1. The molecule has 30 heavy (non-hydrogen) atoms. The Morgan fingerprint density at radius 3 is 2.53 bits per heavy atom. The molecule has 0 spiro atoms. The molecule has 158 valence electrons. The van der Waals surface area contributed by atoms with Gasteiger partial charge < -0.3 is 9.80 Å². The summed E-state index contributed by atoms with van der Waals surface area (Å²) in [6, 6.07) is 5.71. The Hall–Kier alpha value is -2.57. The Labute approximate surface area is 174 Å². The molecule has 1 atom stereocenters. The number of rotatable bonds is 3. The number of halogens is 3. The summed E-state index contributed by atoms with van der Waals surface area (Å²) in [7, 11) is 0. The van der Waals surface area contributed by atoms with E-state index >= 15 is 0 Å². The van der Waals surface area contributed by atoms with E-state index in [0.717, 1.165) is 41.6 Å². The molecular weight excluding hydrogens is 389 g/mol. The predicted octanol–water partition coefficient (Wildman–Crippen LogP) is 5.10. The number of amidine groups is 1. The van der Waals surface area contributed by atoms with Gasteiger partial charge in [-0.15, -0.1) is 0 Å². The standard InChI is InChI=1S/C23H25F3N4/c1-14-23-20(6-9-27-14)30(17-3-4-17)13-21(28-23)29-10-7-15(8-11-29)22(26)18-5-2-16(24)12-19(18)25/h2,5-6,9,12,15,17,22H,3-4,7-8,10-11,13H2,1H3. The van der Waals surface area contributed by atoms with Gasteiger partial charge in [0.05, 0.1) is 17.9 Å². The van der Waals surface area contributed by atoms with Crippen molar-refractivity contribution in [2.75, 3.05) is 24.5 Å². The van der Waals surface area contributed by atoms with E-state index in [1.165, 1.54) is 18.9 Å². The number of benzene rings is 1. The molecule has 3 aliphatic rings. The molecule has 2 aromatic rings. The highest BCUT2D eigenvalue weighted by Crippen LogP contribution is 2.41. The number of fused-ring (bicyclic) bond motifs is 1. The first kappa shape index (κ1) is 19.4. The third-order valence-electron chi connectivity index (χ3n) is 6.51. The van der Waals surface area contributed by atoms with Crippen LogP contribution in [-0.4, -0.2) is 41.4 Å². The molecule has 0 radical (unpaired) electrons. The summed E-state index contributed by atoms with van der Waals surface area (Å²) in [5.41, 5.74) is 2.96. The fourth-order valence-corrected chi connectivity index (χ4v) is 4.63. The summed E-state index contributed by atoms with van der Waals surface area (Å²) in [5.74, 6) is -0.756. The van der Waals surface area contributed by atoms with Gasteiger partial charge in [-0.05, 0) is 50.7 Å². The van der Waals surface area contributed by atoms with Gasteiger partial charge in [0, 0.05) is 37.0 Å². The van der Waals surface area contributed by atoms with Gasteiger partial charge in [-0.25, -0.2) is 18.2 Å². The van der Waals surface area contributed by atoms with Gasteiger partial charge in [0.2, 0.25) is 0 Å². The minimum absolute atomic E-state index is 0.0413. The van der Waals surface area contributed by atoms with E-state index in [-0.39, 0.29) is 11.5 Å². The zero-order valence-electron chi connectivity index (χ0n) is 17.0. The molecule has 1 aromatic heterocycles. The number of hydrogen-bond acceptors (Lipinski definition) is 4. The summed E-state index contributed by atoms with van der Waals surface area (Å²) in [4.78, 5) is 14.0. The highest BCUT2D eigenvalue weighted by atomic mass is 19.1. The number of aliphatic imine (C=N–C) groups is 1. The maximum Gasteiger partial charge on any atom is 0.132 e. The molecular formula is C23H25F3N4. The molecule has 5 rings (SSSR count). The SMILES string of the molecule is Cc1nccc2c1N=C(N1CCC(C(F)c3ccc(F)cc3F)CC1)CN2C1CC1. The number of alkyl halides is 1. The highest BCUT2D eigenvalue weighted by molar-refractivity contribution is 5.95. The quantitative estimate of drug-likeness (QED) is 0.700. The van der Waals surface area contributed by atoms with Crippen LogP contribution in [0, 0.1) is 24.5 Å². The van der Waals surface area contributed by atoms with E-state index in [9.17, 15) is 13.2 Å². The zero-order chi connectivity index (χ0) is 20.8. The van der Waals surface area contributed by atoms with Crippen LogP contribution < -0.4 is 4.90 Å². The molecule has 7 heteroatoms. The van der Waals surface area contributed by atoms with Crippen LogP contribution in [0.15, 0.2) is 35.5 Å². The zero-order valence-corrected chi connectivity index (χ0v) is 17.0. The van der Waals surface area contributed by atoms with Crippen molar-refractivity contribution in [3.63, 3.8) is 0 Å². The van der Waals surface area contributed by atoms with Gasteiger partial charge in [-0.1, -0.05) is 6.07 Å². The molecule has 0 bridgehead atoms. The normalized spacial score (nSPS) is 20.7. The largest absolute Gasteiger partial charge is 0.359 e. The summed E-state index contributed by atoms with van der Waals surface area (Å²) in [6.07, 6.45) is 4.03. The van der Waals surface area contributed by atoms with Crippen molar-refractivity contribution in [2.45, 2.75) is 44.8 Å². The number of nitrogens with zero attached hydrogens (tertiary/aromatic N) is 4. The Kier molecular flexibility index (Phi) is 4.91. The van der Waals surface area contributed by atoms with E-state index in [1.54, 1.807) is 0 Å². The van der Waals surface area contributed by atoms with Crippen LogP contribution in [0.1, 0.15) is 43.1 Å². The Balaban J connectivity index is 1.31. The first-order chi connectivity index (χ1) is 14.5. The van der Waals surface area contributed by atoms with Gasteiger partial charge in [0.1, 0.15) is 29.3 Å². The first-order valence-electron chi connectivity index (χ1n) is 10.6. The van der Waals surface area contributed by atoms with Crippen molar-refractivity contribution in [3.05, 3.63) is 53.4 Å². The summed E-state index contributed by atoms with van der Waals surface area (Å²) >= 11 is 0. The van der Waals surface area contributed by atoms with Crippen LogP contribution in [0.4, 0.5) is 24.5 Å². The number of anilines is 1. The molecule has 1 unspecified atom stereocenters. The van der Waals surface area contributed by atoms with Gasteiger partial charge in [-0.2, -0.15) is 0 Å². The monoisotopic (exact) mass is 414 g/mol. The Morgan fingerprint density at radius 2 is 1.83 bits per heavy atom. The lowest BCUT2D eigenvalue weighted by molar-refractivity contribution is 0.152. The van der Waals surface area contributed by atoms with Crippen molar-refractivity contribution in [1.82, 2.24) is 9.88 Å². The first-order valence-corrected chi connectivity index (χ1v) is 10.6. The minimum Gasteiger partial charge on any atom is -0.359 e. The van der Waals surface area contributed by atoms with Crippen molar-refractivity contribution in [1.29, 1.82) is 0 Å². The van der Waals surface area contributed by atoms with Crippen molar-refractivity contribution in [3.8, 4) is 0 Å². The average molecular weight is 414 g/mol. The fourth-order valence-electron chi connectivity index (χ4n) is 4.63. The maximum absolute atomic E-state index is 15.0. The van der Waals surface area contributed by atoms with Gasteiger partial charge >= 0.3 is 0 Å². The highest BCUT2D eigenvalue weighted by Gasteiger charge is 2.36. The molecule has 0 amide bonds. The fraction of sp³-hybridized carbons (Fsp3) is 0.478. The van der Waals surface area contributed by atoms with Crippen LogP contribution in [0.5, 0.6) is 0 Å². The van der Waals surface area contributed by atoms with Crippen molar-refractivity contribution < 1.29 is 13.2 Å². The molecule has 4 nitrogen and oxygen atoms in total. The molecule has 2 fully saturated rings. The Bertz CT molecular complexity index is 980. The topological polar surface area (TPSA) is 31.7 Å². The van der Waals surface area contributed by atoms with Crippen LogP contribution >= 0.6 is 0 Å². The second kappa shape index (κ2) is 7.60. The molecule has 1 saturated carbocycles. The summed E-state index contributed by atoms with van der Waals surface area (Å²) in [6.45, 7) is 4.10.